The fourth-order valence-corrected chi connectivity index (χ4v) is 2.94. The normalized spacial score (nSPS) is 16.7. The Morgan fingerprint density at radius 1 is 1.22 bits per heavy atom. The third-order valence-electron chi connectivity index (χ3n) is 3.02. The molecule has 1 aromatic rings. The lowest BCUT2D eigenvalue weighted by Crippen LogP contribution is -2.44. The summed E-state index contributed by atoms with van der Waals surface area (Å²) in [5.74, 6) is 2.12. The van der Waals surface area contributed by atoms with Gasteiger partial charge in [-0.05, 0) is 31.2 Å². The van der Waals surface area contributed by atoms with Crippen molar-refractivity contribution in [1.82, 2.24) is 10.2 Å². The van der Waals surface area contributed by atoms with E-state index >= 15 is 0 Å². The summed E-state index contributed by atoms with van der Waals surface area (Å²) in [7, 11) is 0. The standard InChI is InChI=1S/C14H22N2OS/c1-2-17-13-3-5-14(6-4-13)18-12-11-16-9-7-15-8-10-16/h3-6,15H,2,7-12H2,1H3. The van der Waals surface area contributed by atoms with E-state index in [0.29, 0.717) is 0 Å². The molecule has 0 spiro atoms. The Morgan fingerprint density at radius 2 is 1.94 bits per heavy atom. The zero-order valence-corrected chi connectivity index (χ0v) is 11.8. The molecule has 1 aromatic carbocycles. The Kier molecular flexibility index (Phi) is 5.84. The molecule has 1 aliphatic rings. The summed E-state index contributed by atoms with van der Waals surface area (Å²) in [6, 6.07) is 8.40. The molecule has 1 heterocycles. The zero-order valence-electron chi connectivity index (χ0n) is 11.0. The molecule has 0 saturated carbocycles. The fraction of sp³-hybridized carbons (Fsp3) is 0.571. The molecule has 1 fully saturated rings. The molecule has 1 saturated heterocycles. The number of hydrogen-bond donors (Lipinski definition) is 1. The third kappa shape index (κ3) is 4.52. The molecule has 2 rings (SSSR count). The smallest absolute Gasteiger partial charge is 0.119 e. The maximum Gasteiger partial charge on any atom is 0.119 e. The van der Waals surface area contributed by atoms with Gasteiger partial charge in [-0.3, -0.25) is 4.90 Å². The summed E-state index contributed by atoms with van der Waals surface area (Å²) in [6.45, 7) is 8.56. The van der Waals surface area contributed by atoms with Gasteiger partial charge >= 0.3 is 0 Å². The summed E-state index contributed by atoms with van der Waals surface area (Å²) in [6.07, 6.45) is 0. The van der Waals surface area contributed by atoms with Gasteiger partial charge in [0.25, 0.3) is 0 Å². The number of hydrogen-bond acceptors (Lipinski definition) is 4. The third-order valence-corrected chi connectivity index (χ3v) is 4.01. The van der Waals surface area contributed by atoms with Crippen molar-refractivity contribution in [2.45, 2.75) is 11.8 Å². The van der Waals surface area contributed by atoms with Crippen LogP contribution in [0.15, 0.2) is 29.2 Å². The Bertz CT molecular complexity index is 336. The van der Waals surface area contributed by atoms with Crippen LogP contribution in [0.3, 0.4) is 0 Å². The van der Waals surface area contributed by atoms with Gasteiger partial charge in [0.2, 0.25) is 0 Å². The second-order valence-corrected chi connectivity index (χ2v) is 5.51. The molecule has 0 aliphatic carbocycles. The summed E-state index contributed by atoms with van der Waals surface area (Å²) in [5.41, 5.74) is 0. The maximum absolute atomic E-state index is 5.44. The highest BCUT2D eigenvalue weighted by Crippen LogP contribution is 2.21. The van der Waals surface area contributed by atoms with Crippen molar-refractivity contribution in [3.63, 3.8) is 0 Å². The van der Waals surface area contributed by atoms with Gasteiger partial charge in [0.1, 0.15) is 5.75 Å². The maximum atomic E-state index is 5.44. The SMILES string of the molecule is CCOc1ccc(SCCN2CCNCC2)cc1. The van der Waals surface area contributed by atoms with E-state index in [9.17, 15) is 0 Å². The van der Waals surface area contributed by atoms with E-state index < -0.39 is 0 Å². The summed E-state index contributed by atoms with van der Waals surface area (Å²) in [5, 5.41) is 3.38. The predicted molar refractivity (Wildman–Crippen MR) is 77.6 cm³/mol. The highest BCUT2D eigenvalue weighted by Gasteiger charge is 2.08. The molecule has 0 bridgehead atoms. The van der Waals surface area contributed by atoms with E-state index in [1.165, 1.54) is 24.5 Å². The van der Waals surface area contributed by atoms with Crippen LogP contribution < -0.4 is 10.1 Å². The quantitative estimate of drug-likeness (QED) is 0.797. The van der Waals surface area contributed by atoms with Gasteiger partial charge in [-0.2, -0.15) is 0 Å². The molecular weight excluding hydrogens is 244 g/mol. The van der Waals surface area contributed by atoms with Gasteiger partial charge in [-0.25, -0.2) is 0 Å². The molecular formula is C14H22N2OS. The Morgan fingerprint density at radius 3 is 2.61 bits per heavy atom. The average molecular weight is 266 g/mol. The minimum Gasteiger partial charge on any atom is -0.494 e. The molecule has 100 valence electrons. The van der Waals surface area contributed by atoms with Crippen molar-refractivity contribution in [3.05, 3.63) is 24.3 Å². The van der Waals surface area contributed by atoms with Crippen molar-refractivity contribution in [1.29, 1.82) is 0 Å². The lowest BCUT2D eigenvalue weighted by Gasteiger charge is -2.26. The predicted octanol–water partition coefficient (Wildman–Crippen LogP) is 2.08. The molecule has 0 radical (unpaired) electrons. The molecule has 1 aliphatic heterocycles. The fourth-order valence-electron chi connectivity index (χ4n) is 2.03. The van der Waals surface area contributed by atoms with Crippen molar-refractivity contribution >= 4 is 11.8 Å². The first kappa shape index (κ1) is 13.7. The lowest BCUT2D eigenvalue weighted by atomic mass is 10.3. The van der Waals surface area contributed by atoms with Gasteiger partial charge in [-0.1, -0.05) is 0 Å². The van der Waals surface area contributed by atoms with Crippen molar-refractivity contribution in [2.24, 2.45) is 0 Å². The van der Waals surface area contributed by atoms with Gasteiger partial charge in [0, 0.05) is 43.4 Å². The van der Waals surface area contributed by atoms with Crippen molar-refractivity contribution in [2.75, 3.05) is 45.1 Å². The molecule has 0 amide bonds. The van der Waals surface area contributed by atoms with E-state index in [-0.39, 0.29) is 0 Å². The average Bonchev–Trinajstić information content (AvgIpc) is 2.42. The van der Waals surface area contributed by atoms with Gasteiger partial charge in [0.15, 0.2) is 0 Å². The monoisotopic (exact) mass is 266 g/mol. The topological polar surface area (TPSA) is 24.5 Å². The van der Waals surface area contributed by atoms with Crippen LogP contribution in [0.2, 0.25) is 0 Å². The number of rotatable bonds is 6. The first-order chi connectivity index (χ1) is 8.88. The van der Waals surface area contributed by atoms with Gasteiger partial charge in [0.05, 0.1) is 6.61 Å². The molecule has 1 N–H and O–H groups in total. The van der Waals surface area contributed by atoms with E-state index in [4.69, 9.17) is 4.74 Å². The molecule has 0 unspecified atom stereocenters. The first-order valence-corrected chi connectivity index (χ1v) is 7.66. The number of nitrogens with one attached hydrogen (secondary N) is 1. The molecule has 0 aromatic heterocycles. The zero-order chi connectivity index (χ0) is 12.6. The van der Waals surface area contributed by atoms with Crippen LogP contribution >= 0.6 is 11.8 Å². The van der Waals surface area contributed by atoms with Crippen LogP contribution in [0.5, 0.6) is 5.75 Å². The number of ether oxygens (including phenoxy) is 1. The number of nitrogens with zero attached hydrogens (tertiary/aromatic N) is 1. The Hall–Kier alpha value is -0.710. The van der Waals surface area contributed by atoms with Crippen molar-refractivity contribution in [3.8, 4) is 5.75 Å². The van der Waals surface area contributed by atoms with Crippen LogP contribution in [-0.4, -0.2) is 50.0 Å². The lowest BCUT2D eigenvalue weighted by molar-refractivity contribution is 0.255. The largest absolute Gasteiger partial charge is 0.494 e. The van der Waals surface area contributed by atoms with E-state index in [0.717, 1.165) is 31.2 Å². The molecule has 0 atom stereocenters. The first-order valence-electron chi connectivity index (χ1n) is 6.67. The van der Waals surface area contributed by atoms with Crippen LogP contribution in [0.4, 0.5) is 0 Å². The van der Waals surface area contributed by atoms with Crippen molar-refractivity contribution < 1.29 is 4.74 Å². The van der Waals surface area contributed by atoms with E-state index in [1.807, 2.05) is 18.7 Å². The molecule has 4 heteroatoms. The Balaban J connectivity index is 1.69. The minimum absolute atomic E-state index is 0.732. The van der Waals surface area contributed by atoms with Crippen LogP contribution in [0.25, 0.3) is 0 Å². The van der Waals surface area contributed by atoms with Crippen LogP contribution in [0.1, 0.15) is 6.92 Å². The summed E-state index contributed by atoms with van der Waals surface area (Å²) in [4.78, 5) is 3.85. The van der Waals surface area contributed by atoms with Gasteiger partial charge in [-0.15, -0.1) is 11.8 Å². The Labute approximate surface area is 114 Å². The number of thioether (sulfide) groups is 1. The molecule has 18 heavy (non-hydrogen) atoms. The molecule has 3 nitrogen and oxygen atoms in total. The van der Waals surface area contributed by atoms with E-state index in [2.05, 4.69) is 34.5 Å². The van der Waals surface area contributed by atoms with Crippen LogP contribution in [0, 0.1) is 0 Å². The number of benzene rings is 1. The highest BCUT2D eigenvalue weighted by atomic mass is 32.2. The minimum atomic E-state index is 0.732. The highest BCUT2D eigenvalue weighted by molar-refractivity contribution is 7.99. The number of piperazine rings is 1. The van der Waals surface area contributed by atoms with E-state index in [1.54, 1.807) is 0 Å². The van der Waals surface area contributed by atoms with Gasteiger partial charge < -0.3 is 10.1 Å². The summed E-state index contributed by atoms with van der Waals surface area (Å²) >= 11 is 1.92. The summed E-state index contributed by atoms with van der Waals surface area (Å²) < 4.78 is 5.44. The van der Waals surface area contributed by atoms with Crippen LogP contribution in [-0.2, 0) is 0 Å². The second kappa shape index (κ2) is 7.67. The second-order valence-electron chi connectivity index (χ2n) is 4.34.